The SMILES string of the molecule is N#Cc1ccc(S(=O)(=O)Nc2nc(-c3ccncc3)ns2)cn1. The first-order valence-electron chi connectivity index (χ1n) is 6.21. The van der Waals surface area contributed by atoms with Crippen molar-refractivity contribution in [1.82, 2.24) is 19.3 Å². The van der Waals surface area contributed by atoms with Gasteiger partial charge in [0.15, 0.2) is 5.82 Å². The van der Waals surface area contributed by atoms with Crippen LogP contribution in [0.3, 0.4) is 0 Å². The van der Waals surface area contributed by atoms with Crippen LogP contribution in [0.25, 0.3) is 11.4 Å². The van der Waals surface area contributed by atoms with Crippen molar-refractivity contribution in [3.05, 3.63) is 48.5 Å². The Hall–Kier alpha value is -2.90. The Bertz CT molecular complexity index is 962. The highest BCUT2D eigenvalue weighted by molar-refractivity contribution is 7.93. The fourth-order valence-corrected chi connectivity index (χ4v) is 3.42. The molecule has 8 nitrogen and oxygen atoms in total. The molecule has 0 aromatic carbocycles. The van der Waals surface area contributed by atoms with E-state index in [4.69, 9.17) is 5.26 Å². The average molecular weight is 344 g/mol. The third kappa shape index (κ3) is 3.31. The maximum absolute atomic E-state index is 12.2. The molecule has 1 N–H and O–H groups in total. The van der Waals surface area contributed by atoms with Crippen molar-refractivity contribution in [3.63, 3.8) is 0 Å². The normalized spacial score (nSPS) is 10.9. The number of pyridine rings is 2. The number of hydrogen-bond donors (Lipinski definition) is 1. The Kier molecular flexibility index (Phi) is 3.96. The molecular formula is C13H8N6O2S2. The lowest BCUT2D eigenvalue weighted by Crippen LogP contribution is -2.13. The van der Waals surface area contributed by atoms with E-state index >= 15 is 0 Å². The summed E-state index contributed by atoms with van der Waals surface area (Å²) in [6.45, 7) is 0. The van der Waals surface area contributed by atoms with Crippen molar-refractivity contribution in [2.75, 3.05) is 4.72 Å². The number of nitrogens with one attached hydrogen (secondary N) is 1. The van der Waals surface area contributed by atoms with Crippen LogP contribution >= 0.6 is 11.5 Å². The fraction of sp³-hybridized carbons (Fsp3) is 0. The van der Waals surface area contributed by atoms with E-state index in [2.05, 4.69) is 24.0 Å². The van der Waals surface area contributed by atoms with Crippen molar-refractivity contribution in [3.8, 4) is 17.5 Å². The van der Waals surface area contributed by atoms with Crippen molar-refractivity contribution in [2.24, 2.45) is 0 Å². The van der Waals surface area contributed by atoms with Gasteiger partial charge in [-0.2, -0.15) is 14.6 Å². The smallest absolute Gasteiger partial charge is 0.265 e. The summed E-state index contributed by atoms with van der Waals surface area (Å²) in [5.74, 6) is 0.410. The lowest BCUT2D eigenvalue weighted by Gasteiger charge is -2.03. The van der Waals surface area contributed by atoms with E-state index in [0.717, 1.165) is 23.3 Å². The van der Waals surface area contributed by atoms with E-state index in [1.807, 2.05) is 6.07 Å². The Morgan fingerprint density at radius 3 is 2.61 bits per heavy atom. The van der Waals surface area contributed by atoms with Gasteiger partial charge in [0.1, 0.15) is 16.7 Å². The number of nitrogens with zero attached hydrogens (tertiary/aromatic N) is 5. The molecule has 0 saturated carbocycles. The summed E-state index contributed by atoms with van der Waals surface area (Å²) in [7, 11) is -3.83. The monoisotopic (exact) mass is 344 g/mol. The lowest BCUT2D eigenvalue weighted by molar-refractivity contribution is 0.601. The molecule has 10 heteroatoms. The number of anilines is 1. The summed E-state index contributed by atoms with van der Waals surface area (Å²) in [5, 5.41) is 8.82. The first kappa shape index (κ1) is 15.0. The molecule has 3 rings (SSSR count). The number of aromatic nitrogens is 4. The Labute approximate surface area is 135 Å². The van der Waals surface area contributed by atoms with Crippen LogP contribution in [0.15, 0.2) is 47.8 Å². The summed E-state index contributed by atoms with van der Waals surface area (Å²) < 4.78 is 30.9. The zero-order chi connectivity index (χ0) is 16.3. The van der Waals surface area contributed by atoms with Crippen LogP contribution in [0.2, 0.25) is 0 Å². The van der Waals surface area contributed by atoms with Crippen LogP contribution in [0, 0.1) is 11.3 Å². The van der Waals surface area contributed by atoms with Gasteiger partial charge in [-0.25, -0.2) is 13.4 Å². The molecular weight excluding hydrogens is 336 g/mol. The van der Waals surface area contributed by atoms with Gasteiger partial charge < -0.3 is 0 Å². The third-order valence-electron chi connectivity index (χ3n) is 2.75. The van der Waals surface area contributed by atoms with E-state index in [1.54, 1.807) is 24.5 Å². The molecule has 3 heterocycles. The van der Waals surface area contributed by atoms with Crippen LogP contribution in [0.5, 0.6) is 0 Å². The number of hydrogen-bond acceptors (Lipinski definition) is 8. The topological polar surface area (TPSA) is 122 Å². The maximum atomic E-state index is 12.2. The summed E-state index contributed by atoms with van der Waals surface area (Å²) in [6, 6.07) is 7.91. The molecule has 0 radical (unpaired) electrons. The van der Waals surface area contributed by atoms with Gasteiger partial charge in [-0.05, 0) is 24.3 Å². The van der Waals surface area contributed by atoms with Gasteiger partial charge in [0.25, 0.3) is 10.0 Å². The summed E-state index contributed by atoms with van der Waals surface area (Å²) in [5.41, 5.74) is 0.876. The van der Waals surface area contributed by atoms with E-state index in [0.29, 0.717) is 5.82 Å². The zero-order valence-corrected chi connectivity index (χ0v) is 13.0. The van der Waals surface area contributed by atoms with Gasteiger partial charge in [0, 0.05) is 35.7 Å². The molecule has 23 heavy (non-hydrogen) atoms. The minimum absolute atomic E-state index is 0.0582. The van der Waals surface area contributed by atoms with E-state index in [9.17, 15) is 8.42 Å². The van der Waals surface area contributed by atoms with E-state index in [1.165, 1.54) is 12.1 Å². The van der Waals surface area contributed by atoms with Gasteiger partial charge in [-0.15, -0.1) is 0 Å². The lowest BCUT2D eigenvalue weighted by atomic mass is 10.3. The number of sulfonamides is 1. The standard InChI is InChI=1S/C13H8N6O2S2/c14-7-10-1-2-11(8-16-10)23(20,21)19-13-17-12(18-22-13)9-3-5-15-6-4-9/h1-6,8H,(H,17,18,19). The fourth-order valence-electron chi connectivity index (χ4n) is 1.66. The highest BCUT2D eigenvalue weighted by Gasteiger charge is 2.17. The Morgan fingerprint density at radius 1 is 1.17 bits per heavy atom. The highest BCUT2D eigenvalue weighted by Crippen LogP contribution is 2.22. The van der Waals surface area contributed by atoms with Gasteiger partial charge in [0.05, 0.1) is 0 Å². The molecule has 114 valence electrons. The second-order valence-corrected chi connectivity index (χ2v) is 6.69. The Morgan fingerprint density at radius 2 is 1.96 bits per heavy atom. The molecule has 0 amide bonds. The second kappa shape index (κ2) is 6.07. The van der Waals surface area contributed by atoms with Crippen LogP contribution < -0.4 is 4.72 Å². The first-order chi connectivity index (χ1) is 11.1. The number of nitriles is 1. The Balaban J connectivity index is 1.84. The summed E-state index contributed by atoms with van der Waals surface area (Å²) in [4.78, 5) is 11.7. The van der Waals surface area contributed by atoms with Crippen molar-refractivity contribution in [1.29, 1.82) is 5.26 Å². The van der Waals surface area contributed by atoms with Gasteiger partial charge in [-0.1, -0.05) is 0 Å². The van der Waals surface area contributed by atoms with E-state index < -0.39 is 10.0 Å². The molecule has 3 aromatic heterocycles. The molecule has 0 unspecified atom stereocenters. The number of rotatable bonds is 4. The average Bonchev–Trinajstić information content (AvgIpc) is 3.03. The summed E-state index contributed by atoms with van der Waals surface area (Å²) >= 11 is 0.929. The van der Waals surface area contributed by atoms with Crippen molar-refractivity contribution >= 4 is 26.7 Å². The van der Waals surface area contributed by atoms with Crippen LogP contribution in [-0.2, 0) is 10.0 Å². The molecule has 0 aliphatic heterocycles. The van der Waals surface area contributed by atoms with Gasteiger partial charge in [-0.3, -0.25) is 9.71 Å². The van der Waals surface area contributed by atoms with Crippen molar-refractivity contribution in [2.45, 2.75) is 4.90 Å². The molecule has 3 aromatic rings. The molecule has 0 spiro atoms. The summed E-state index contributed by atoms with van der Waals surface area (Å²) in [6.07, 6.45) is 4.32. The van der Waals surface area contributed by atoms with Crippen LogP contribution in [-0.4, -0.2) is 27.7 Å². The van der Waals surface area contributed by atoms with E-state index in [-0.39, 0.29) is 15.7 Å². The van der Waals surface area contributed by atoms with Gasteiger partial charge in [0.2, 0.25) is 5.13 Å². The molecule has 0 bridgehead atoms. The largest absolute Gasteiger partial charge is 0.265 e. The highest BCUT2D eigenvalue weighted by atomic mass is 32.2. The second-order valence-electron chi connectivity index (χ2n) is 4.26. The van der Waals surface area contributed by atoms with Crippen LogP contribution in [0.4, 0.5) is 5.13 Å². The predicted molar refractivity (Wildman–Crippen MR) is 82.9 cm³/mol. The molecule has 0 fully saturated rings. The van der Waals surface area contributed by atoms with Crippen molar-refractivity contribution < 1.29 is 8.42 Å². The zero-order valence-electron chi connectivity index (χ0n) is 11.4. The molecule has 0 atom stereocenters. The third-order valence-corrected chi connectivity index (χ3v) is 4.83. The quantitative estimate of drug-likeness (QED) is 0.764. The van der Waals surface area contributed by atoms with Crippen LogP contribution in [0.1, 0.15) is 5.69 Å². The molecule has 0 aliphatic carbocycles. The maximum Gasteiger partial charge on any atom is 0.265 e. The molecule has 0 saturated heterocycles. The first-order valence-corrected chi connectivity index (χ1v) is 8.47. The predicted octanol–water partition coefficient (Wildman–Crippen LogP) is 1.67. The minimum Gasteiger partial charge on any atom is -0.265 e. The molecule has 0 aliphatic rings. The minimum atomic E-state index is -3.83. The van der Waals surface area contributed by atoms with Gasteiger partial charge >= 0.3 is 0 Å².